The number of nitrogens with two attached hydrogens (primary N) is 1. The Morgan fingerprint density at radius 2 is 2.33 bits per heavy atom. The van der Waals surface area contributed by atoms with E-state index in [-0.39, 0.29) is 0 Å². The monoisotopic (exact) mass is 207 g/mol. The smallest absolute Gasteiger partial charge is 0.183 e. The summed E-state index contributed by atoms with van der Waals surface area (Å²) >= 11 is 0. The Labute approximate surface area is 86.9 Å². The van der Waals surface area contributed by atoms with Crippen molar-refractivity contribution in [1.82, 2.24) is 19.9 Å². The zero-order valence-corrected chi connectivity index (χ0v) is 8.53. The van der Waals surface area contributed by atoms with E-state index in [1.807, 2.05) is 6.92 Å². The molecule has 15 heavy (non-hydrogen) atoms. The van der Waals surface area contributed by atoms with Gasteiger partial charge in [-0.05, 0) is 6.92 Å². The predicted molar refractivity (Wildman–Crippen MR) is 56.3 cm³/mol. The third kappa shape index (κ3) is 2.04. The first kappa shape index (κ1) is 9.85. The topological polar surface area (TPSA) is 89.7 Å². The summed E-state index contributed by atoms with van der Waals surface area (Å²) in [5, 5.41) is 0. The van der Waals surface area contributed by atoms with Gasteiger partial charge < -0.3 is 15.5 Å². The van der Waals surface area contributed by atoms with E-state index in [4.69, 9.17) is 10.5 Å². The number of aromatic nitrogens is 4. The maximum atomic E-state index is 5.74. The number of fused-ring (bicyclic) bond motifs is 1. The number of imidazole rings is 1. The van der Waals surface area contributed by atoms with Crippen LogP contribution in [0.2, 0.25) is 0 Å². The number of rotatable bonds is 4. The van der Waals surface area contributed by atoms with E-state index in [2.05, 4.69) is 19.9 Å². The second-order valence-electron chi connectivity index (χ2n) is 3.07. The van der Waals surface area contributed by atoms with Crippen molar-refractivity contribution in [3.8, 4) is 0 Å². The van der Waals surface area contributed by atoms with Crippen molar-refractivity contribution < 1.29 is 4.74 Å². The molecule has 0 amide bonds. The van der Waals surface area contributed by atoms with Crippen molar-refractivity contribution in [3.63, 3.8) is 0 Å². The number of hydrogen-bond acceptors (Lipinski definition) is 5. The standard InChI is InChI=1S/C9H13N5O/c1-2-15-4-3-6-13-8(10)7-9(14-6)12-5-11-7/h5H,2-4H2,1H3,(H3,10,11,12,13,14). The molecule has 0 unspecified atom stereocenters. The van der Waals surface area contributed by atoms with E-state index < -0.39 is 0 Å². The van der Waals surface area contributed by atoms with Crippen LogP contribution in [-0.2, 0) is 11.2 Å². The Kier molecular flexibility index (Phi) is 2.77. The van der Waals surface area contributed by atoms with Crippen LogP contribution in [0.4, 0.5) is 5.82 Å². The SMILES string of the molecule is CCOCCc1nc(N)c2[nH]cnc2n1. The Morgan fingerprint density at radius 3 is 3.13 bits per heavy atom. The largest absolute Gasteiger partial charge is 0.382 e. The highest BCUT2D eigenvalue weighted by Gasteiger charge is 2.06. The number of hydrogen-bond donors (Lipinski definition) is 2. The fraction of sp³-hybridized carbons (Fsp3) is 0.444. The second-order valence-corrected chi connectivity index (χ2v) is 3.07. The maximum Gasteiger partial charge on any atom is 0.183 e. The molecule has 0 aliphatic heterocycles. The summed E-state index contributed by atoms with van der Waals surface area (Å²) in [6.07, 6.45) is 2.21. The zero-order valence-electron chi connectivity index (χ0n) is 8.53. The normalized spacial score (nSPS) is 11.0. The summed E-state index contributed by atoms with van der Waals surface area (Å²) in [6, 6.07) is 0. The number of aromatic amines is 1. The van der Waals surface area contributed by atoms with E-state index in [1.54, 1.807) is 6.33 Å². The Bertz CT molecular complexity index is 453. The molecular formula is C9H13N5O. The molecule has 3 N–H and O–H groups in total. The Balaban J connectivity index is 2.21. The average Bonchev–Trinajstić information content (AvgIpc) is 2.66. The molecule has 0 aliphatic carbocycles. The molecule has 2 aromatic heterocycles. The first-order valence-corrected chi connectivity index (χ1v) is 4.84. The number of anilines is 1. The molecule has 0 saturated carbocycles. The molecular weight excluding hydrogens is 194 g/mol. The van der Waals surface area contributed by atoms with Gasteiger partial charge in [-0.25, -0.2) is 15.0 Å². The molecule has 6 nitrogen and oxygen atoms in total. The van der Waals surface area contributed by atoms with Crippen molar-refractivity contribution in [2.45, 2.75) is 13.3 Å². The Hall–Kier alpha value is -1.69. The summed E-state index contributed by atoms with van der Waals surface area (Å²) in [4.78, 5) is 15.3. The summed E-state index contributed by atoms with van der Waals surface area (Å²) in [5.74, 6) is 1.10. The third-order valence-electron chi connectivity index (χ3n) is 2.03. The average molecular weight is 207 g/mol. The third-order valence-corrected chi connectivity index (χ3v) is 2.03. The minimum absolute atomic E-state index is 0.434. The van der Waals surface area contributed by atoms with Crippen LogP contribution in [-0.4, -0.2) is 33.1 Å². The molecule has 0 radical (unpaired) electrons. The molecule has 80 valence electrons. The first-order chi connectivity index (χ1) is 7.31. The van der Waals surface area contributed by atoms with Gasteiger partial charge in [-0.1, -0.05) is 0 Å². The highest BCUT2D eigenvalue weighted by molar-refractivity contribution is 5.80. The van der Waals surface area contributed by atoms with Crippen molar-refractivity contribution in [3.05, 3.63) is 12.2 Å². The van der Waals surface area contributed by atoms with Crippen LogP contribution in [0, 0.1) is 0 Å². The van der Waals surface area contributed by atoms with Crippen molar-refractivity contribution >= 4 is 17.0 Å². The highest BCUT2D eigenvalue weighted by Crippen LogP contribution is 2.12. The fourth-order valence-corrected chi connectivity index (χ4v) is 1.32. The van der Waals surface area contributed by atoms with Crippen LogP contribution in [0.5, 0.6) is 0 Å². The molecule has 0 bridgehead atoms. The van der Waals surface area contributed by atoms with Crippen LogP contribution in [0.3, 0.4) is 0 Å². The number of nitrogens with one attached hydrogen (secondary N) is 1. The predicted octanol–water partition coefficient (Wildman–Crippen LogP) is 0.514. The van der Waals surface area contributed by atoms with Gasteiger partial charge in [0, 0.05) is 13.0 Å². The maximum absolute atomic E-state index is 5.74. The minimum atomic E-state index is 0.434. The lowest BCUT2D eigenvalue weighted by Crippen LogP contribution is -2.05. The van der Waals surface area contributed by atoms with Gasteiger partial charge in [0.25, 0.3) is 0 Å². The van der Waals surface area contributed by atoms with Gasteiger partial charge in [-0.3, -0.25) is 0 Å². The molecule has 2 rings (SSSR count). The number of H-pyrrole nitrogens is 1. The van der Waals surface area contributed by atoms with Gasteiger partial charge in [0.1, 0.15) is 11.3 Å². The quantitative estimate of drug-likeness (QED) is 0.713. The molecule has 0 atom stereocenters. The van der Waals surface area contributed by atoms with Crippen LogP contribution in [0.1, 0.15) is 12.7 Å². The molecule has 2 aromatic rings. The van der Waals surface area contributed by atoms with Crippen molar-refractivity contribution in [2.75, 3.05) is 18.9 Å². The fourth-order valence-electron chi connectivity index (χ4n) is 1.32. The summed E-state index contributed by atoms with van der Waals surface area (Å²) in [6.45, 7) is 3.25. The number of nitrogen functional groups attached to an aromatic ring is 1. The van der Waals surface area contributed by atoms with Crippen molar-refractivity contribution in [1.29, 1.82) is 0 Å². The number of nitrogens with zero attached hydrogens (tertiary/aromatic N) is 3. The first-order valence-electron chi connectivity index (χ1n) is 4.84. The second kappa shape index (κ2) is 4.22. The molecule has 0 aliphatic rings. The summed E-state index contributed by atoms with van der Waals surface area (Å²) < 4.78 is 5.22. The lowest BCUT2D eigenvalue weighted by atomic mass is 10.4. The zero-order chi connectivity index (χ0) is 10.7. The van der Waals surface area contributed by atoms with Crippen LogP contribution < -0.4 is 5.73 Å². The van der Waals surface area contributed by atoms with E-state index >= 15 is 0 Å². The van der Waals surface area contributed by atoms with Gasteiger partial charge in [-0.2, -0.15) is 0 Å². The molecule has 6 heteroatoms. The van der Waals surface area contributed by atoms with E-state index in [1.165, 1.54) is 0 Å². The van der Waals surface area contributed by atoms with E-state index in [0.717, 1.165) is 0 Å². The van der Waals surface area contributed by atoms with Crippen LogP contribution >= 0.6 is 0 Å². The molecule has 0 aromatic carbocycles. The van der Waals surface area contributed by atoms with Crippen LogP contribution in [0.25, 0.3) is 11.2 Å². The van der Waals surface area contributed by atoms with E-state index in [0.29, 0.717) is 42.4 Å². The van der Waals surface area contributed by atoms with Gasteiger partial charge >= 0.3 is 0 Å². The Morgan fingerprint density at radius 1 is 1.47 bits per heavy atom. The van der Waals surface area contributed by atoms with Crippen LogP contribution in [0.15, 0.2) is 6.33 Å². The lowest BCUT2D eigenvalue weighted by molar-refractivity contribution is 0.149. The van der Waals surface area contributed by atoms with E-state index in [9.17, 15) is 0 Å². The van der Waals surface area contributed by atoms with Gasteiger partial charge in [0.15, 0.2) is 11.5 Å². The molecule has 0 fully saturated rings. The lowest BCUT2D eigenvalue weighted by Gasteiger charge is -2.01. The molecule has 2 heterocycles. The summed E-state index contributed by atoms with van der Waals surface area (Å²) in [5.41, 5.74) is 7.04. The van der Waals surface area contributed by atoms with Gasteiger partial charge in [0.05, 0.1) is 12.9 Å². The van der Waals surface area contributed by atoms with Crippen molar-refractivity contribution in [2.24, 2.45) is 0 Å². The number of ether oxygens (including phenoxy) is 1. The van der Waals surface area contributed by atoms with Gasteiger partial charge in [0.2, 0.25) is 0 Å². The minimum Gasteiger partial charge on any atom is -0.382 e. The molecule has 0 spiro atoms. The van der Waals surface area contributed by atoms with Gasteiger partial charge in [-0.15, -0.1) is 0 Å². The molecule has 0 saturated heterocycles. The highest BCUT2D eigenvalue weighted by atomic mass is 16.5. The summed E-state index contributed by atoms with van der Waals surface area (Å²) in [7, 11) is 0.